The first-order chi connectivity index (χ1) is 8.90. The molecule has 3 N–H and O–H groups in total. The van der Waals surface area contributed by atoms with E-state index in [4.69, 9.17) is 18.0 Å². The zero-order valence-electron chi connectivity index (χ0n) is 12.6. The number of nitrogens with two attached hydrogens (primary N) is 1. The summed E-state index contributed by atoms with van der Waals surface area (Å²) in [6.07, 6.45) is 7.84. The van der Waals surface area contributed by atoms with E-state index in [9.17, 15) is 4.79 Å². The minimum Gasteiger partial charge on any atom is -0.392 e. The summed E-state index contributed by atoms with van der Waals surface area (Å²) in [5, 5.41) is 3.24. The molecule has 3 nitrogen and oxygen atoms in total. The third kappa shape index (κ3) is 3.68. The molecule has 1 saturated carbocycles. The third-order valence-corrected chi connectivity index (χ3v) is 4.77. The van der Waals surface area contributed by atoms with Crippen molar-refractivity contribution in [2.24, 2.45) is 11.1 Å². The number of hydrogen-bond donors (Lipinski definition) is 2. The van der Waals surface area contributed by atoms with Crippen LogP contribution in [0.3, 0.4) is 0 Å². The van der Waals surface area contributed by atoms with Crippen LogP contribution in [0.5, 0.6) is 0 Å². The molecular formula is C15H28N2OS. The van der Waals surface area contributed by atoms with E-state index in [0.717, 1.165) is 38.5 Å². The van der Waals surface area contributed by atoms with Crippen LogP contribution in [0.15, 0.2) is 0 Å². The summed E-state index contributed by atoms with van der Waals surface area (Å²) in [7, 11) is 0. The molecule has 1 rings (SSSR count). The Hall–Kier alpha value is -0.640. The van der Waals surface area contributed by atoms with Gasteiger partial charge in [0.2, 0.25) is 5.91 Å². The Labute approximate surface area is 122 Å². The summed E-state index contributed by atoms with van der Waals surface area (Å²) in [5.74, 6) is 0.0492. The first kappa shape index (κ1) is 16.4. The summed E-state index contributed by atoms with van der Waals surface area (Å²) >= 11 is 5.23. The molecule has 1 aliphatic rings. The molecule has 0 aromatic carbocycles. The molecule has 0 aliphatic heterocycles. The predicted octanol–water partition coefficient (Wildman–Crippen LogP) is 3.31. The van der Waals surface area contributed by atoms with Crippen molar-refractivity contribution in [1.29, 1.82) is 0 Å². The average Bonchev–Trinajstić information content (AvgIpc) is 2.74. The van der Waals surface area contributed by atoms with Crippen molar-refractivity contribution in [3.63, 3.8) is 0 Å². The molecule has 0 saturated heterocycles. The van der Waals surface area contributed by atoms with Gasteiger partial charge in [-0.1, -0.05) is 51.7 Å². The number of thiocarbonyl (C=S) groups is 1. The lowest BCUT2D eigenvalue weighted by molar-refractivity contribution is -0.130. The SMILES string of the molecule is CCCC(CCC)(C(=O)NC1(C)CCCC1)C(N)=S. The van der Waals surface area contributed by atoms with E-state index in [1.165, 1.54) is 12.8 Å². The second kappa shape index (κ2) is 6.69. The lowest BCUT2D eigenvalue weighted by Crippen LogP contribution is -2.55. The molecule has 19 heavy (non-hydrogen) atoms. The summed E-state index contributed by atoms with van der Waals surface area (Å²) in [5.41, 5.74) is 5.22. The highest BCUT2D eigenvalue weighted by molar-refractivity contribution is 7.80. The molecule has 0 spiro atoms. The molecule has 0 unspecified atom stereocenters. The van der Waals surface area contributed by atoms with Crippen molar-refractivity contribution in [3.05, 3.63) is 0 Å². The normalized spacial score (nSPS) is 18.3. The highest BCUT2D eigenvalue weighted by Crippen LogP contribution is 2.34. The second-order valence-corrected chi connectivity index (χ2v) is 6.61. The van der Waals surface area contributed by atoms with Gasteiger partial charge < -0.3 is 11.1 Å². The van der Waals surface area contributed by atoms with Crippen LogP contribution in [0.4, 0.5) is 0 Å². The summed E-state index contributed by atoms with van der Waals surface area (Å²) < 4.78 is 0. The maximum Gasteiger partial charge on any atom is 0.233 e. The van der Waals surface area contributed by atoms with Gasteiger partial charge in [0.05, 0.1) is 10.4 Å². The molecule has 1 aliphatic carbocycles. The van der Waals surface area contributed by atoms with E-state index in [-0.39, 0.29) is 11.4 Å². The van der Waals surface area contributed by atoms with Crippen molar-refractivity contribution in [2.75, 3.05) is 0 Å². The van der Waals surface area contributed by atoms with Crippen molar-refractivity contribution in [3.8, 4) is 0 Å². The van der Waals surface area contributed by atoms with Crippen LogP contribution in [0.25, 0.3) is 0 Å². The monoisotopic (exact) mass is 284 g/mol. The first-order valence-electron chi connectivity index (χ1n) is 7.53. The van der Waals surface area contributed by atoms with E-state index in [2.05, 4.69) is 26.1 Å². The Morgan fingerprint density at radius 1 is 1.26 bits per heavy atom. The lowest BCUT2D eigenvalue weighted by Gasteiger charge is -2.35. The smallest absolute Gasteiger partial charge is 0.233 e. The average molecular weight is 284 g/mol. The maximum atomic E-state index is 12.8. The zero-order chi connectivity index (χ0) is 14.5. The van der Waals surface area contributed by atoms with Gasteiger partial charge in [0.15, 0.2) is 0 Å². The van der Waals surface area contributed by atoms with Gasteiger partial charge in [-0.3, -0.25) is 4.79 Å². The molecule has 0 radical (unpaired) electrons. The van der Waals surface area contributed by atoms with Gasteiger partial charge in [0, 0.05) is 5.54 Å². The van der Waals surface area contributed by atoms with Crippen molar-refractivity contribution in [1.82, 2.24) is 5.32 Å². The van der Waals surface area contributed by atoms with Gasteiger partial charge >= 0.3 is 0 Å². The standard InChI is InChI=1S/C15H28N2OS/c1-4-8-15(9-5-2,12(16)19)13(18)17-14(3)10-6-7-11-14/h4-11H2,1-3H3,(H2,16,19)(H,17,18). The number of carbonyl (C=O) groups is 1. The Morgan fingerprint density at radius 2 is 1.74 bits per heavy atom. The van der Waals surface area contributed by atoms with Crippen LogP contribution in [0.2, 0.25) is 0 Å². The Balaban J connectivity index is 2.89. The first-order valence-corrected chi connectivity index (χ1v) is 7.93. The van der Waals surface area contributed by atoms with Crippen molar-refractivity contribution < 1.29 is 4.79 Å². The minimum atomic E-state index is -0.648. The molecule has 110 valence electrons. The Kier molecular flexibility index (Phi) is 5.78. The third-order valence-electron chi connectivity index (χ3n) is 4.38. The molecule has 1 amide bonds. The van der Waals surface area contributed by atoms with Gasteiger partial charge in [0.25, 0.3) is 0 Å². The Bertz CT molecular complexity index is 329. The topological polar surface area (TPSA) is 55.1 Å². The van der Waals surface area contributed by atoms with Crippen LogP contribution >= 0.6 is 12.2 Å². The van der Waals surface area contributed by atoms with Crippen LogP contribution in [-0.2, 0) is 4.79 Å². The largest absolute Gasteiger partial charge is 0.392 e. The highest BCUT2D eigenvalue weighted by atomic mass is 32.1. The zero-order valence-corrected chi connectivity index (χ0v) is 13.4. The molecular weight excluding hydrogens is 256 g/mol. The van der Waals surface area contributed by atoms with E-state index < -0.39 is 5.41 Å². The number of hydrogen-bond acceptors (Lipinski definition) is 2. The summed E-state index contributed by atoms with van der Waals surface area (Å²) in [4.78, 5) is 13.1. The minimum absolute atomic E-state index is 0.0492. The molecule has 1 fully saturated rings. The van der Waals surface area contributed by atoms with Gasteiger partial charge in [-0.2, -0.15) is 0 Å². The molecule has 0 aromatic heterocycles. The van der Waals surface area contributed by atoms with E-state index in [1.807, 2.05) is 0 Å². The number of nitrogens with one attached hydrogen (secondary N) is 1. The van der Waals surface area contributed by atoms with Gasteiger partial charge in [0.1, 0.15) is 0 Å². The molecule has 0 atom stereocenters. The fourth-order valence-corrected chi connectivity index (χ4v) is 3.53. The molecule has 0 bridgehead atoms. The number of amides is 1. The molecule has 4 heteroatoms. The maximum absolute atomic E-state index is 12.8. The van der Waals surface area contributed by atoms with Gasteiger partial charge in [-0.05, 0) is 32.6 Å². The lowest BCUT2D eigenvalue weighted by atomic mass is 9.77. The van der Waals surface area contributed by atoms with Crippen LogP contribution in [-0.4, -0.2) is 16.4 Å². The summed E-state index contributed by atoms with van der Waals surface area (Å²) in [6, 6.07) is 0. The van der Waals surface area contributed by atoms with Crippen LogP contribution in [0, 0.1) is 5.41 Å². The fourth-order valence-electron chi connectivity index (χ4n) is 3.24. The van der Waals surface area contributed by atoms with Crippen LogP contribution in [0.1, 0.15) is 72.1 Å². The summed E-state index contributed by atoms with van der Waals surface area (Å²) in [6.45, 7) is 6.29. The predicted molar refractivity (Wildman–Crippen MR) is 84.1 cm³/mol. The quantitative estimate of drug-likeness (QED) is 0.705. The van der Waals surface area contributed by atoms with Crippen LogP contribution < -0.4 is 11.1 Å². The van der Waals surface area contributed by atoms with E-state index >= 15 is 0 Å². The second-order valence-electron chi connectivity index (χ2n) is 6.17. The van der Waals surface area contributed by atoms with Gasteiger partial charge in [-0.25, -0.2) is 0 Å². The Morgan fingerprint density at radius 3 is 2.11 bits per heavy atom. The van der Waals surface area contributed by atoms with Crippen molar-refractivity contribution >= 4 is 23.1 Å². The fraction of sp³-hybridized carbons (Fsp3) is 0.867. The number of rotatable bonds is 7. The molecule has 0 aromatic rings. The van der Waals surface area contributed by atoms with E-state index in [1.54, 1.807) is 0 Å². The molecule has 0 heterocycles. The van der Waals surface area contributed by atoms with Gasteiger partial charge in [-0.15, -0.1) is 0 Å². The van der Waals surface area contributed by atoms with E-state index in [0.29, 0.717) is 4.99 Å². The highest BCUT2D eigenvalue weighted by Gasteiger charge is 2.43. The van der Waals surface area contributed by atoms with Crippen molar-refractivity contribution in [2.45, 2.75) is 77.7 Å². The number of carbonyl (C=O) groups excluding carboxylic acids is 1.